The fourth-order valence-corrected chi connectivity index (χ4v) is 2.97. The maximum atomic E-state index is 6.23. The Labute approximate surface area is 126 Å². The lowest BCUT2D eigenvalue weighted by molar-refractivity contribution is 1.13. The smallest absolute Gasteiger partial charge is 0.133 e. The topological polar surface area (TPSA) is 51.8 Å². The van der Waals surface area contributed by atoms with Crippen LogP contribution in [0.4, 0.5) is 5.69 Å². The van der Waals surface area contributed by atoms with Gasteiger partial charge in [0.15, 0.2) is 0 Å². The highest BCUT2D eigenvalue weighted by atomic mass is 35.5. The first-order valence-electron chi connectivity index (χ1n) is 6.11. The summed E-state index contributed by atoms with van der Waals surface area (Å²) in [6.45, 7) is 0. The van der Waals surface area contributed by atoms with Crippen LogP contribution in [-0.2, 0) is 5.75 Å². The van der Waals surface area contributed by atoms with Crippen molar-refractivity contribution in [1.82, 2.24) is 9.97 Å². The van der Waals surface area contributed by atoms with Crippen molar-refractivity contribution in [2.45, 2.75) is 10.8 Å². The molecule has 1 aromatic carbocycles. The van der Waals surface area contributed by atoms with E-state index in [9.17, 15) is 0 Å². The standard InChI is InChI=1S/C15H12ClN3S/c16-15-11(7-10-3-1-2-4-13(10)19-15)9-20-14-6-5-12(17)8-18-14/h1-8H,9,17H2. The van der Waals surface area contributed by atoms with Crippen LogP contribution in [0.3, 0.4) is 0 Å². The quantitative estimate of drug-likeness (QED) is 0.583. The summed E-state index contributed by atoms with van der Waals surface area (Å²) in [6.07, 6.45) is 1.66. The summed E-state index contributed by atoms with van der Waals surface area (Å²) in [4.78, 5) is 8.67. The van der Waals surface area contributed by atoms with Crippen LogP contribution in [0.1, 0.15) is 5.56 Å². The Morgan fingerprint density at radius 2 is 2.00 bits per heavy atom. The van der Waals surface area contributed by atoms with Gasteiger partial charge < -0.3 is 5.73 Å². The van der Waals surface area contributed by atoms with Crippen molar-refractivity contribution in [3.8, 4) is 0 Å². The molecule has 0 aliphatic rings. The fraction of sp³-hybridized carbons (Fsp3) is 0.0667. The second kappa shape index (κ2) is 5.69. The van der Waals surface area contributed by atoms with Gasteiger partial charge in [-0.3, -0.25) is 0 Å². The number of para-hydroxylation sites is 1. The van der Waals surface area contributed by atoms with E-state index in [2.05, 4.69) is 16.0 Å². The first-order valence-corrected chi connectivity index (χ1v) is 7.47. The van der Waals surface area contributed by atoms with Crippen LogP contribution in [0.2, 0.25) is 5.15 Å². The zero-order chi connectivity index (χ0) is 13.9. The normalized spacial score (nSPS) is 10.8. The van der Waals surface area contributed by atoms with Crippen molar-refractivity contribution in [1.29, 1.82) is 0 Å². The van der Waals surface area contributed by atoms with E-state index in [-0.39, 0.29) is 0 Å². The van der Waals surface area contributed by atoms with Crippen LogP contribution in [-0.4, -0.2) is 9.97 Å². The number of hydrogen-bond acceptors (Lipinski definition) is 4. The zero-order valence-corrected chi connectivity index (χ0v) is 12.2. The van der Waals surface area contributed by atoms with Crippen LogP contribution in [0.5, 0.6) is 0 Å². The van der Waals surface area contributed by atoms with Gasteiger partial charge in [0.25, 0.3) is 0 Å². The van der Waals surface area contributed by atoms with Crippen LogP contribution < -0.4 is 5.73 Å². The molecule has 0 radical (unpaired) electrons. The van der Waals surface area contributed by atoms with E-state index >= 15 is 0 Å². The lowest BCUT2D eigenvalue weighted by atomic mass is 10.2. The predicted molar refractivity (Wildman–Crippen MR) is 85.0 cm³/mol. The van der Waals surface area contributed by atoms with Crippen LogP contribution in [0.15, 0.2) is 53.7 Å². The molecule has 3 rings (SSSR count). The summed E-state index contributed by atoms with van der Waals surface area (Å²) in [5.74, 6) is 0.730. The summed E-state index contributed by atoms with van der Waals surface area (Å²) in [7, 11) is 0. The third kappa shape index (κ3) is 2.86. The Morgan fingerprint density at radius 3 is 2.80 bits per heavy atom. The monoisotopic (exact) mass is 301 g/mol. The second-order valence-corrected chi connectivity index (χ2v) is 5.70. The SMILES string of the molecule is Nc1ccc(SCc2cc3ccccc3nc2Cl)nc1. The molecule has 0 aliphatic carbocycles. The highest BCUT2D eigenvalue weighted by molar-refractivity contribution is 7.98. The van der Waals surface area contributed by atoms with E-state index in [1.807, 2.05) is 36.4 Å². The van der Waals surface area contributed by atoms with Crippen molar-refractivity contribution in [3.05, 3.63) is 59.4 Å². The molecule has 0 fully saturated rings. The number of thioether (sulfide) groups is 1. The molecule has 2 aromatic heterocycles. The van der Waals surface area contributed by atoms with Crippen LogP contribution >= 0.6 is 23.4 Å². The Bertz CT molecular complexity index is 744. The van der Waals surface area contributed by atoms with Crippen molar-refractivity contribution in [2.75, 3.05) is 5.73 Å². The number of aromatic nitrogens is 2. The van der Waals surface area contributed by atoms with Gasteiger partial charge in [-0.05, 0) is 24.3 Å². The number of nitrogen functional groups attached to an aromatic ring is 1. The molecule has 0 aliphatic heterocycles. The molecule has 100 valence electrons. The molecular weight excluding hydrogens is 290 g/mol. The number of nitrogens with two attached hydrogens (primary N) is 1. The van der Waals surface area contributed by atoms with Gasteiger partial charge in [0.1, 0.15) is 5.15 Å². The molecule has 5 heteroatoms. The highest BCUT2D eigenvalue weighted by Crippen LogP contribution is 2.27. The second-order valence-electron chi connectivity index (χ2n) is 4.35. The molecular formula is C15H12ClN3S. The number of anilines is 1. The molecule has 0 bridgehead atoms. The van der Waals surface area contributed by atoms with E-state index in [4.69, 9.17) is 17.3 Å². The molecule has 0 atom stereocenters. The number of halogens is 1. The molecule has 0 unspecified atom stereocenters. The Kier molecular flexibility index (Phi) is 3.76. The number of pyridine rings is 2. The highest BCUT2D eigenvalue weighted by Gasteiger charge is 2.06. The maximum absolute atomic E-state index is 6.23. The van der Waals surface area contributed by atoms with Gasteiger partial charge in [0.05, 0.1) is 22.4 Å². The lowest BCUT2D eigenvalue weighted by Gasteiger charge is -2.06. The molecule has 2 N–H and O–H groups in total. The predicted octanol–water partition coefficient (Wildman–Crippen LogP) is 4.16. The largest absolute Gasteiger partial charge is 0.397 e. The summed E-state index contributed by atoms with van der Waals surface area (Å²) in [5.41, 5.74) is 8.21. The summed E-state index contributed by atoms with van der Waals surface area (Å²) >= 11 is 7.84. The number of rotatable bonds is 3. The van der Waals surface area contributed by atoms with Crippen molar-refractivity contribution in [2.24, 2.45) is 0 Å². The van der Waals surface area contributed by atoms with E-state index in [1.165, 1.54) is 0 Å². The summed E-state index contributed by atoms with van der Waals surface area (Å²) < 4.78 is 0. The summed E-state index contributed by atoms with van der Waals surface area (Å²) in [6, 6.07) is 13.8. The van der Waals surface area contributed by atoms with E-state index < -0.39 is 0 Å². The van der Waals surface area contributed by atoms with E-state index in [1.54, 1.807) is 18.0 Å². The van der Waals surface area contributed by atoms with Crippen molar-refractivity contribution in [3.63, 3.8) is 0 Å². The Hall–Kier alpha value is -1.78. The minimum Gasteiger partial charge on any atom is -0.397 e. The molecule has 0 saturated carbocycles. The maximum Gasteiger partial charge on any atom is 0.133 e. The zero-order valence-electron chi connectivity index (χ0n) is 10.6. The molecule has 0 saturated heterocycles. The molecule has 20 heavy (non-hydrogen) atoms. The molecule has 3 aromatic rings. The first-order chi connectivity index (χ1) is 9.72. The van der Waals surface area contributed by atoms with Gasteiger partial charge in [0.2, 0.25) is 0 Å². The van der Waals surface area contributed by atoms with Gasteiger partial charge in [-0.2, -0.15) is 0 Å². The number of fused-ring (bicyclic) bond motifs is 1. The van der Waals surface area contributed by atoms with E-state index in [0.717, 1.165) is 27.2 Å². The van der Waals surface area contributed by atoms with E-state index in [0.29, 0.717) is 10.8 Å². The van der Waals surface area contributed by atoms with Crippen molar-refractivity contribution < 1.29 is 0 Å². The van der Waals surface area contributed by atoms with Gasteiger partial charge in [-0.1, -0.05) is 29.8 Å². The van der Waals surface area contributed by atoms with Crippen LogP contribution in [0, 0.1) is 0 Å². The summed E-state index contributed by atoms with van der Waals surface area (Å²) in [5, 5.41) is 2.56. The molecule has 0 amide bonds. The van der Waals surface area contributed by atoms with Gasteiger partial charge >= 0.3 is 0 Å². The number of nitrogens with zero attached hydrogens (tertiary/aromatic N) is 2. The molecule has 3 nitrogen and oxygen atoms in total. The van der Waals surface area contributed by atoms with Gasteiger partial charge in [-0.25, -0.2) is 9.97 Å². The van der Waals surface area contributed by atoms with Gasteiger partial charge in [0, 0.05) is 16.7 Å². The number of hydrogen-bond donors (Lipinski definition) is 1. The van der Waals surface area contributed by atoms with Crippen LogP contribution in [0.25, 0.3) is 10.9 Å². The average molecular weight is 302 g/mol. The Morgan fingerprint density at radius 1 is 1.15 bits per heavy atom. The Balaban J connectivity index is 1.83. The fourth-order valence-electron chi connectivity index (χ4n) is 1.87. The molecule has 2 heterocycles. The van der Waals surface area contributed by atoms with Gasteiger partial charge in [-0.15, -0.1) is 11.8 Å². The third-order valence-electron chi connectivity index (χ3n) is 2.88. The minimum absolute atomic E-state index is 0.548. The minimum atomic E-state index is 0.548. The average Bonchev–Trinajstić information content (AvgIpc) is 2.47. The third-order valence-corrected chi connectivity index (χ3v) is 4.20. The van der Waals surface area contributed by atoms with Crippen molar-refractivity contribution >= 4 is 40.0 Å². The lowest BCUT2D eigenvalue weighted by Crippen LogP contribution is -1.90. The molecule has 0 spiro atoms. The number of benzene rings is 1. The first kappa shape index (κ1) is 13.2.